The predicted octanol–water partition coefficient (Wildman–Crippen LogP) is 2.18. The zero-order valence-corrected chi connectivity index (χ0v) is 14.0. The number of amides is 2. The zero-order chi connectivity index (χ0) is 16.8. The Bertz CT molecular complexity index is 559. The van der Waals surface area contributed by atoms with Crippen LogP contribution in [0.15, 0.2) is 24.3 Å². The van der Waals surface area contributed by atoms with E-state index in [4.69, 9.17) is 11.6 Å². The van der Waals surface area contributed by atoms with E-state index in [2.05, 4.69) is 10.6 Å². The van der Waals surface area contributed by atoms with Gasteiger partial charge >= 0.3 is 0 Å². The highest BCUT2D eigenvalue weighted by Gasteiger charge is 2.31. The summed E-state index contributed by atoms with van der Waals surface area (Å²) in [5.74, 6) is -0.307. The number of hydrogen-bond acceptors (Lipinski definition) is 3. The lowest BCUT2D eigenvalue weighted by Gasteiger charge is -2.24. The van der Waals surface area contributed by atoms with Gasteiger partial charge in [-0.2, -0.15) is 0 Å². The molecule has 1 aromatic carbocycles. The number of nitrogens with one attached hydrogen (secondary N) is 2. The number of benzene rings is 1. The molecule has 6 heteroatoms. The molecule has 1 fully saturated rings. The molecule has 5 nitrogen and oxygen atoms in total. The number of carbonyl (C=O) groups is 2. The molecule has 1 aromatic rings. The molecular weight excluding hydrogens is 316 g/mol. The van der Waals surface area contributed by atoms with Crippen molar-refractivity contribution in [3.63, 3.8) is 0 Å². The number of aliphatic hydroxyl groups excluding tert-OH is 1. The van der Waals surface area contributed by atoms with E-state index in [0.29, 0.717) is 10.6 Å². The van der Waals surface area contributed by atoms with Crippen molar-refractivity contribution in [1.82, 2.24) is 10.6 Å². The lowest BCUT2D eigenvalue weighted by atomic mass is 9.97. The molecule has 0 saturated heterocycles. The third kappa shape index (κ3) is 4.94. The molecule has 1 aliphatic rings. The second-order valence-corrected chi connectivity index (χ2v) is 6.41. The fourth-order valence-electron chi connectivity index (χ4n) is 3.07. The first-order chi connectivity index (χ1) is 11.0. The van der Waals surface area contributed by atoms with Gasteiger partial charge in [0.05, 0.1) is 6.10 Å². The average Bonchev–Trinajstić information content (AvgIpc) is 3.04. The minimum Gasteiger partial charge on any atom is -0.387 e. The Morgan fingerprint density at radius 3 is 2.57 bits per heavy atom. The van der Waals surface area contributed by atoms with Gasteiger partial charge < -0.3 is 15.7 Å². The number of aliphatic hydroxyl groups is 1. The molecule has 2 amide bonds. The van der Waals surface area contributed by atoms with E-state index < -0.39 is 12.1 Å². The van der Waals surface area contributed by atoms with Gasteiger partial charge in [-0.15, -0.1) is 0 Å². The Morgan fingerprint density at radius 1 is 1.30 bits per heavy atom. The number of carbonyl (C=O) groups excluding carboxylic acids is 2. The van der Waals surface area contributed by atoms with Crippen molar-refractivity contribution in [3.05, 3.63) is 34.9 Å². The highest BCUT2D eigenvalue weighted by molar-refractivity contribution is 6.31. The van der Waals surface area contributed by atoms with E-state index >= 15 is 0 Å². The maximum absolute atomic E-state index is 12.4. The van der Waals surface area contributed by atoms with Gasteiger partial charge in [0, 0.05) is 24.1 Å². The highest BCUT2D eigenvalue weighted by Crippen LogP contribution is 2.28. The number of rotatable bonds is 6. The van der Waals surface area contributed by atoms with Crippen LogP contribution in [-0.2, 0) is 9.59 Å². The van der Waals surface area contributed by atoms with E-state index in [9.17, 15) is 14.7 Å². The molecule has 23 heavy (non-hydrogen) atoms. The average molecular weight is 339 g/mol. The molecule has 1 aliphatic carbocycles. The molecular formula is C17H23ClN2O3. The quantitative estimate of drug-likeness (QED) is 0.744. The van der Waals surface area contributed by atoms with E-state index in [1.165, 1.54) is 6.92 Å². The Balaban J connectivity index is 1.95. The van der Waals surface area contributed by atoms with E-state index in [0.717, 1.165) is 25.7 Å². The first-order valence-electron chi connectivity index (χ1n) is 7.96. The van der Waals surface area contributed by atoms with Crippen LogP contribution < -0.4 is 10.6 Å². The number of hydrogen-bond donors (Lipinski definition) is 3. The maximum Gasteiger partial charge on any atom is 0.242 e. The molecule has 0 bridgehead atoms. The van der Waals surface area contributed by atoms with Gasteiger partial charge in [-0.1, -0.05) is 42.6 Å². The molecule has 0 spiro atoms. The van der Waals surface area contributed by atoms with Gasteiger partial charge in [0.25, 0.3) is 0 Å². The summed E-state index contributed by atoms with van der Waals surface area (Å²) in [5, 5.41) is 16.1. The van der Waals surface area contributed by atoms with Crippen molar-refractivity contribution < 1.29 is 14.7 Å². The molecule has 126 valence electrons. The minimum atomic E-state index is -0.880. The van der Waals surface area contributed by atoms with Gasteiger partial charge in [0.1, 0.15) is 6.04 Å². The Morgan fingerprint density at radius 2 is 1.96 bits per heavy atom. The maximum atomic E-state index is 12.4. The van der Waals surface area contributed by atoms with Crippen LogP contribution >= 0.6 is 11.6 Å². The monoisotopic (exact) mass is 338 g/mol. The van der Waals surface area contributed by atoms with Gasteiger partial charge in [-0.3, -0.25) is 9.59 Å². The molecule has 0 heterocycles. The van der Waals surface area contributed by atoms with Gasteiger partial charge in [-0.25, -0.2) is 0 Å². The van der Waals surface area contributed by atoms with Crippen molar-refractivity contribution in [2.75, 3.05) is 6.54 Å². The van der Waals surface area contributed by atoms with Crippen molar-refractivity contribution >= 4 is 23.4 Å². The molecule has 0 aliphatic heterocycles. The topological polar surface area (TPSA) is 78.4 Å². The fraction of sp³-hybridized carbons (Fsp3) is 0.529. The van der Waals surface area contributed by atoms with E-state index in [1.54, 1.807) is 24.3 Å². The largest absolute Gasteiger partial charge is 0.387 e. The Labute approximate surface area is 141 Å². The highest BCUT2D eigenvalue weighted by atomic mass is 35.5. The summed E-state index contributed by atoms with van der Waals surface area (Å²) < 4.78 is 0. The predicted molar refractivity (Wildman–Crippen MR) is 89.0 cm³/mol. The Kier molecular flexibility index (Phi) is 6.42. The second kappa shape index (κ2) is 8.31. The molecule has 2 atom stereocenters. The van der Waals surface area contributed by atoms with Crippen LogP contribution in [0.1, 0.15) is 44.3 Å². The number of halogens is 1. The summed E-state index contributed by atoms with van der Waals surface area (Å²) in [6, 6.07) is 6.45. The molecule has 0 aromatic heterocycles. The van der Waals surface area contributed by atoms with Crippen LogP contribution in [-0.4, -0.2) is 29.5 Å². The van der Waals surface area contributed by atoms with Crippen molar-refractivity contribution in [2.24, 2.45) is 5.92 Å². The third-order valence-electron chi connectivity index (χ3n) is 4.25. The summed E-state index contributed by atoms with van der Waals surface area (Å²) >= 11 is 6.04. The van der Waals surface area contributed by atoms with Crippen LogP contribution in [0.25, 0.3) is 0 Å². The van der Waals surface area contributed by atoms with Gasteiger partial charge in [0.15, 0.2) is 0 Å². The smallest absolute Gasteiger partial charge is 0.242 e. The van der Waals surface area contributed by atoms with Crippen LogP contribution in [0.3, 0.4) is 0 Å². The molecule has 2 rings (SSSR count). The SMILES string of the molecule is CC(=O)NC(C(=O)NCC(O)c1ccccc1Cl)C1CCCC1. The van der Waals surface area contributed by atoms with Crippen LogP contribution in [0.2, 0.25) is 5.02 Å². The summed E-state index contributed by atoms with van der Waals surface area (Å²) in [7, 11) is 0. The molecule has 0 radical (unpaired) electrons. The molecule has 2 unspecified atom stereocenters. The third-order valence-corrected chi connectivity index (χ3v) is 4.59. The molecule has 3 N–H and O–H groups in total. The van der Waals surface area contributed by atoms with Crippen LogP contribution in [0.4, 0.5) is 0 Å². The second-order valence-electron chi connectivity index (χ2n) is 6.01. The van der Waals surface area contributed by atoms with E-state index in [-0.39, 0.29) is 24.3 Å². The van der Waals surface area contributed by atoms with Crippen molar-refractivity contribution in [3.8, 4) is 0 Å². The fourth-order valence-corrected chi connectivity index (χ4v) is 3.33. The van der Waals surface area contributed by atoms with E-state index in [1.807, 2.05) is 0 Å². The minimum absolute atomic E-state index is 0.0609. The van der Waals surface area contributed by atoms with Gasteiger partial charge in [-0.05, 0) is 24.8 Å². The first kappa shape index (κ1) is 17.8. The zero-order valence-electron chi connectivity index (χ0n) is 13.2. The van der Waals surface area contributed by atoms with Crippen LogP contribution in [0.5, 0.6) is 0 Å². The van der Waals surface area contributed by atoms with Crippen LogP contribution in [0, 0.1) is 5.92 Å². The summed E-state index contributed by atoms with van der Waals surface area (Å²) in [5.41, 5.74) is 0.575. The summed E-state index contributed by atoms with van der Waals surface area (Å²) in [4.78, 5) is 23.8. The normalized spacial score (nSPS) is 17.5. The lowest BCUT2D eigenvalue weighted by molar-refractivity contribution is -0.129. The summed E-state index contributed by atoms with van der Waals surface area (Å²) in [6.45, 7) is 1.47. The summed E-state index contributed by atoms with van der Waals surface area (Å²) in [6.07, 6.45) is 3.15. The lowest BCUT2D eigenvalue weighted by Crippen LogP contribution is -2.50. The standard InChI is InChI=1S/C17H23ClN2O3/c1-11(21)20-16(12-6-2-3-7-12)17(23)19-10-15(22)13-8-4-5-9-14(13)18/h4-5,8-9,12,15-16,22H,2-3,6-7,10H2,1H3,(H,19,23)(H,20,21). The van der Waals surface area contributed by atoms with Gasteiger partial charge in [0.2, 0.25) is 11.8 Å². The first-order valence-corrected chi connectivity index (χ1v) is 8.34. The van der Waals surface area contributed by atoms with Crippen molar-refractivity contribution in [2.45, 2.75) is 44.8 Å². The van der Waals surface area contributed by atoms with Crippen molar-refractivity contribution in [1.29, 1.82) is 0 Å². The Hall–Kier alpha value is -1.59. The molecule has 1 saturated carbocycles.